The number of rotatable bonds is 2. The van der Waals surface area contributed by atoms with Gasteiger partial charge in [-0.1, -0.05) is 30.4 Å². The van der Waals surface area contributed by atoms with Gasteiger partial charge in [-0.05, 0) is 43.1 Å². The van der Waals surface area contributed by atoms with Crippen molar-refractivity contribution in [2.45, 2.75) is 13.3 Å². The molecule has 4 aliphatic carbocycles. The van der Waals surface area contributed by atoms with Crippen LogP contribution in [0.1, 0.15) is 17.7 Å². The van der Waals surface area contributed by atoms with E-state index >= 15 is 0 Å². The first-order chi connectivity index (χ1) is 12.6. The van der Waals surface area contributed by atoms with E-state index in [-0.39, 0.29) is 35.5 Å². The van der Waals surface area contributed by atoms with Gasteiger partial charge in [-0.25, -0.2) is 0 Å². The summed E-state index contributed by atoms with van der Waals surface area (Å²) >= 11 is 0. The van der Waals surface area contributed by atoms with Crippen molar-refractivity contribution in [3.63, 3.8) is 0 Å². The van der Waals surface area contributed by atoms with Crippen molar-refractivity contribution in [2.24, 2.45) is 40.6 Å². The summed E-state index contributed by atoms with van der Waals surface area (Å²) in [5.41, 5.74) is 2.94. The van der Waals surface area contributed by atoms with Crippen molar-refractivity contribution in [2.75, 3.05) is 0 Å². The van der Waals surface area contributed by atoms with Crippen LogP contribution in [0.5, 0.6) is 0 Å². The van der Waals surface area contributed by atoms with Crippen LogP contribution in [0.2, 0.25) is 0 Å². The summed E-state index contributed by atoms with van der Waals surface area (Å²) in [5, 5.41) is 6.56. The molecule has 1 aromatic carbocycles. The van der Waals surface area contributed by atoms with Crippen LogP contribution >= 0.6 is 0 Å². The Bertz CT molecular complexity index is 997. The molecule has 1 N–H and O–H groups in total. The van der Waals surface area contributed by atoms with Crippen LogP contribution in [-0.2, 0) is 9.59 Å². The Balaban J connectivity index is 1.36. The van der Waals surface area contributed by atoms with Crippen molar-refractivity contribution in [3.05, 3.63) is 47.7 Å². The van der Waals surface area contributed by atoms with E-state index in [9.17, 15) is 9.59 Å². The van der Waals surface area contributed by atoms with Gasteiger partial charge in [0.1, 0.15) is 0 Å². The number of allylic oxidation sites excluding steroid dienone is 2. The molecule has 2 heterocycles. The highest BCUT2D eigenvalue weighted by molar-refractivity contribution is 6.07. The number of hydrogen-bond acceptors (Lipinski definition) is 3. The second-order valence-corrected chi connectivity index (χ2v) is 8.10. The molecular formula is C21H19N3O2. The molecule has 26 heavy (non-hydrogen) atoms. The Morgan fingerprint density at radius 1 is 1.08 bits per heavy atom. The molecule has 0 spiro atoms. The highest BCUT2D eigenvalue weighted by atomic mass is 16.2. The number of amides is 2. The largest absolute Gasteiger partial charge is 0.358 e. The number of carbonyl (C=O) groups excluding carboxylic acids is 2. The summed E-state index contributed by atoms with van der Waals surface area (Å²) in [6.07, 6.45) is 7.20. The molecule has 2 saturated carbocycles. The van der Waals surface area contributed by atoms with Gasteiger partial charge >= 0.3 is 0 Å². The number of benzene rings is 1. The first-order valence-electron chi connectivity index (χ1n) is 9.32. The maximum atomic E-state index is 13.0. The number of aromatic nitrogens is 1. The van der Waals surface area contributed by atoms with Crippen LogP contribution < -0.4 is 0 Å². The molecule has 7 rings (SSSR count). The molecule has 3 fully saturated rings. The van der Waals surface area contributed by atoms with Gasteiger partial charge in [-0.15, -0.1) is 0 Å². The summed E-state index contributed by atoms with van der Waals surface area (Å²) in [5.74, 6) is 1.09. The normalized spacial score (nSPS) is 37.0. The van der Waals surface area contributed by atoms with Gasteiger partial charge in [-0.3, -0.25) is 9.59 Å². The van der Waals surface area contributed by atoms with Gasteiger partial charge in [0.05, 0.1) is 18.1 Å². The molecule has 2 bridgehead atoms. The Morgan fingerprint density at radius 2 is 1.73 bits per heavy atom. The topological polar surface area (TPSA) is 65.5 Å². The average molecular weight is 345 g/mol. The van der Waals surface area contributed by atoms with E-state index in [2.05, 4.69) is 22.2 Å². The molecule has 0 radical (unpaired) electrons. The fourth-order valence-electron chi connectivity index (χ4n) is 5.64. The van der Waals surface area contributed by atoms with E-state index in [1.165, 1.54) is 6.42 Å². The number of aryl methyl sites for hydroxylation is 1. The molecule has 1 aromatic heterocycles. The molecule has 2 amide bonds. The fourth-order valence-corrected chi connectivity index (χ4v) is 5.64. The molecule has 0 unspecified atom stereocenters. The minimum Gasteiger partial charge on any atom is -0.358 e. The lowest BCUT2D eigenvalue weighted by Crippen LogP contribution is -2.40. The molecule has 6 atom stereocenters. The lowest BCUT2D eigenvalue weighted by atomic mass is 9.63. The quantitative estimate of drug-likeness (QED) is 0.517. The first-order valence-corrected chi connectivity index (χ1v) is 9.32. The number of fused-ring (bicyclic) bond motifs is 1. The number of carbonyl (C=O) groups is 2. The summed E-state index contributed by atoms with van der Waals surface area (Å²) in [4.78, 5) is 29.2. The lowest BCUT2D eigenvalue weighted by Gasteiger charge is -2.37. The molecule has 5 nitrogen and oxygen atoms in total. The van der Waals surface area contributed by atoms with E-state index < -0.39 is 0 Å². The van der Waals surface area contributed by atoms with Crippen LogP contribution in [0.15, 0.2) is 41.5 Å². The Hall–Kier alpha value is -2.69. The predicted molar refractivity (Wildman–Crippen MR) is 97.2 cm³/mol. The van der Waals surface area contributed by atoms with E-state index in [1.54, 1.807) is 6.21 Å². The minimum atomic E-state index is -0.192. The lowest BCUT2D eigenvalue weighted by molar-refractivity contribution is -0.140. The van der Waals surface area contributed by atoms with E-state index in [1.807, 2.05) is 31.2 Å². The van der Waals surface area contributed by atoms with Gasteiger partial charge in [-0.2, -0.15) is 10.1 Å². The number of hydrazone groups is 1. The number of para-hydroxylation sites is 1. The van der Waals surface area contributed by atoms with Crippen LogP contribution in [0, 0.1) is 42.4 Å². The molecule has 2 aromatic rings. The van der Waals surface area contributed by atoms with E-state index in [0.717, 1.165) is 27.2 Å². The maximum absolute atomic E-state index is 13.0. The third-order valence-corrected chi connectivity index (χ3v) is 6.89. The van der Waals surface area contributed by atoms with Gasteiger partial charge in [0, 0.05) is 22.2 Å². The first kappa shape index (κ1) is 14.5. The Morgan fingerprint density at radius 3 is 2.42 bits per heavy atom. The van der Waals surface area contributed by atoms with Crippen molar-refractivity contribution < 1.29 is 9.59 Å². The van der Waals surface area contributed by atoms with Gasteiger partial charge in [0.25, 0.3) is 11.8 Å². The maximum Gasteiger partial charge on any atom is 0.254 e. The SMILES string of the molecule is Cc1[nH]c2ccccc2c1/C=N\N1C(=O)[C@H]2[C@@H]3C=C[C@H]([C@@H]4C[C@H]34)[C@@H]2C1=O. The van der Waals surface area contributed by atoms with E-state index in [4.69, 9.17) is 0 Å². The minimum absolute atomic E-state index is 0.113. The highest BCUT2D eigenvalue weighted by Gasteiger charge is 2.67. The third kappa shape index (κ3) is 1.68. The summed E-state index contributed by atoms with van der Waals surface area (Å²) < 4.78 is 0. The second kappa shape index (κ2) is 4.72. The summed E-state index contributed by atoms with van der Waals surface area (Å²) in [6, 6.07) is 7.98. The molecule has 5 heteroatoms. The van der Waals surface area contributed by atoms with Crippen LogP contribution in [0.25, 0.3) is 10.9 Å². The number of hydrogen-bond donors (Lipinski definition) is 1. The molecule has 1 saturated heterocycles. The van der Waals surface area contributed by atoms with Crippen molar-refractivity contribution in [1.82, 2.24) is 9.99 Å². The predicted octanol–water partition coefficient (Wildman–Crippen LogP) is 2.86. The number of imide groups is 1. The van der Waals surface area contributed by atoms with Gasteiger partial charge in [0.2, 0.25) is 0 Å². The molecule has 1 aliphatic heterocycles. The third-order valence-electron chi connectivity index (χ3n) is 6.89. The summed E-state index contributed by atoms with van der Waals surface area (Å²) in [6.45, 7) is 1.98. The zero-order chi connectivity index (χ0) is 17.6. The highest BCUT2D eigenvalue weighted by Crippen LogP contribution is 2.65. The summed E-state index contributed by atoms with van der Waals surface area (Å²) in [7, 11) is 0. The van der Waals surface area contributed by atoms with Gasteiger partial charge in [0.15, 0.2) is 0 Å². The van der Waals surface area contributed by atoms with Gasteiger partial charge < -0.3 is 4.98 Å². The smallest absolute Gasteiger partial charge is 0.254 e. The number of H-pyrrole nitrogens is 1. The molecular weight excluding hydrogens is 326 g/mol. The zero-order valence-corrected chi connectivity index (χ0v) is 14.4. The van der Waals surface area contributed by atoms with Crippen molar-refractivity contribution in [1.29, 1.82) is 0 Å². The number of aromatic amines is 1. The van der Waals surface area contributed by atoms with Crippen LogP contribution in [-0.4, -0.2) is 28.0 Å². The molecule has 130 valence electrons. The van der Waals surface area contributed by atoms with Crippen molar-refractivity contribution >= 4 is 28.9 Å². The Kier molecular flexibility index (Phi) is 2.63. The van der Waals surface area contributed by atoms with Crippen LogP contribution in [0.3, 0.4) is 0 Å². The number of nitrogens with zero attached hydrogens (tertiary/aromatic N) is 2. The second-order valence-electron chi connectivity index (χ2n) is 8.10. The van der Waals surface area contributed by atoms with Crippen molar-refractivity contribution in [3.8, 4) is 0 Å². The molecule has 5 aliphatic rings. The zero-order valence-electron chi connectivity index (χ0n) is 14.4. The monoisotopic (exact) mass is 345 g/mol. The Labute approximate surface area is 150 Å². The fraction of sp³-hybridized carbons (Fsp3) is 0.381. The standard InChI is InChI=1S/C21H19N3O2/c1-10-16(11-4-2-3-5-17(11)23-10)9-22-24-20(25)18-12-6-7-13(15-8-14(12)15)19(18)21(24)26/h2-7,9,12-15,18-19,23H,8H2,1H3/b22-9-/t12-,13-,14-,15+,18+,19+/m1/s1. The van der Waals surface area contributed by atoms with E-state index in [0.29, 0.717) is 11.8 Å². The number of nitrogens with one attached hydrogen (secondary N) is 1. The average Bonchev–Trinajstić information content (AvgIpc) is 3.36. The van der Waals surface area contributed by atoms with Crippen LogP contribution in [0.4, 0.5) is 0 Å².